The fourth-order valence-corrected chi connectivity index (χ4v) is 6.32. The number of aliphatic hydroxyl groups is 2. The zero-order valence-electron chi connectivity index (χ0n) is 19.9. The summed E-state index contributed by atoms with van der Waals surface area (Å²) < 4.78 is 0. The van der Waals surface area contributed by atoms with Gasteiger partial charge in [-0.05, 0) is 84.7 Å². The van der Waals surface area contributed by atoms with Crippen LogP contribution in [0.4, 0.5) is 0 Å². The molecule has 3 aliphatic rings. The summed E-state index contributed by atoms with van der Waals surface area (Å²) in [5.74, 6) is 3.38. The molecule has 0 aromatic rings. The number of hydrogen-bond acceptors (Lipinski definition) is 2. The average molecular weight is 413 g/mol. The lowest BCUT2D eigenvalue weighted by Gasteiger charge is -2.44. The molecule has 3 aliphatic carbocycles. The molecule has 3 fully saturated rings. The molecule has 30 heavy (non-hydrogen) atoms. The third-order valence-electron chi connectivity index (χ3n) is 8.71. The first-order chi connectivity index (χ1) is 14.1. The topological polar surface area (TPSA) is 40.5 Å². The molecule has 0 saturated heterocycles. The third kappa shape index (κ3) is 4.86. The second kappa shape index (κ2) is 9.57. The van der Waals surface area contributed by atoms with Crippen LogP contribution in [0.5, 0.6) is 0 Å². The Labute approximate surface area is 184 Å². The van der Waals surface area contributed by atoms with E-state index in [4.69, 9.17) is 0 Å². The minimum atomic E-state index is -0.605. The van der Waals surface area contributed by atoms with Crippen molar-refractivity contribution in [3.63, 3.8) is 0 Å². The number of fused-ring (bicyclic) bond motifs is 1. The zero-order chi connectivity index (χ0) is 22.1. The SMILES string of the molecule is C=C1C(=CC=C2CCC[C@@]3(C)[C@@H]([C@H](C)C=C[C@H](C)C(C)C)CC[C@@H]23)C[C@@H](O)C[C@@H]1O. The average Bonchev–Trinajstić information content (AvgIpc) is 3.04. The second-order valence-corrected chi connectivity index (χ2v) is 11.0. The van der Waals surface area contributed by atoms with E-state index in [1.807, 2.05) is 0 Å². The van der Waals surface area contributed by atoms with E-state index in [1.165, 1.54) is 32.1 Å². The standard InChI is InChI=1S/C28H44O2/c1-18(2)19(3)9-10-20(4)25-13-14-26-22(8-7-15-28(25,26)6)11-12-23-16-24(29)17-27(30)21(23)5/h9-12,18-20,24-27,29-30H,5,7-8,13-17H2,1-4,6H3/t19-,20+,24+,25+,26-,27-,28-/m0/s1. The van der Waals surface area contributed by atoms with Crippen LogP contribution in [0.15, 0.2) is 47.6 Å². The lowest BCUT2D eigenvalue weighted by atomic mass is 9.61. The molecular formula is C28H44O2. The summed E-state index contributed by atoms with van der Waals surface area (Å²) in [6, 6.07) is 0. The molecule has 0 aromatic carbocycles. The van der Waals surface area contributed by atoms with Gasteiger partial charge < -0.3 is 10.2 Å². The molecule has 168 valence electrons. The number of rotatable bonds is 5. The van der Waals surface area contributed by atoms with Crippen molar-refractivity contribution in [3.8, 4) is 0 Å². The highest BCUT2D eigenvalue weighted by molar-refractivity contribution is 5.38. The highest BCUT2D eigenvalue weighted by Crippen LogP contribution is 2.59. The van der Waals surface area contributed by atoms with Crippen molar-refractivity contribution >= 4 is 0 Å². The third-order valence-corrected chi connectivity index (χ3v) is 8.71. The van der Waals surface area contributed by atoms with E-state index in [0.717, 1.165) is 17.1 Å². The van der Waals surface area contributed by atoms with Gasteiger partial charge in [0.1, 0.15) is 0 Å². The van der Waals surface area contributed by atoms with Crippen LogP contribution < -0.4 is 0 Å². The Hall–Kier alpha value is -1.12. The molecule has 2 N–H and O–H groups in total. The summed E-state index contributed by atoms with van der Waals surface area (Å²) in [5.41, 5.74) is 3.77. The summed E-state index contributed by atoms with van der Waals surface area (Å²) >= 11 is 0. The molecule has 7 atom stereocenters. The van der Waals surface area contributed by atoms with E-state index in [2.05, 4.69) is 65.5 Å². The Morgan fingerprint density at radius 2 is 1.80 bits per heavy atom. The minimum Gasteiger partial charge on any atom is -0.393 e. The molecule has 2 heteroatoms. The van der Waals surface area contributed by atoms with Gasteiger partial charge in [-0.25, -0.2) is 0 Å². The van der Waals surface area contributed by atoms with Gasteiger partial charge in [-0.2, -0.15) is 0 Å². The zero-order valence-corrected chi connectivity index (χ0v) is 19.9. The van der Waals surface area contributed by atoms with Gasteiger partial charge in [-0.1, -0.05) is 71.1 Å². The molecule has 0 unspecified atom stereocenters. The van der Waals surface area contributed by atoms with E-state index in [-0.39, 0.29) is 0 Å². The Kier molecular flexibility index (Phi) is 7.51. The van der Waals surface area contributed by atoms with Crippen LogP contribution in [0.1, 0.15) is 79.6 Å². The van der Waals surface area contributed by atoms with Crippen LogP contribution in [0.25, 0.3) is 0 Å². The molecule has 0 spiro atoms. The maximum Gasteiger partial charge on any atom is 0.0811 e. The minimum absolute atomic E-state index is 0.385. The van der Waals surface area contributed by atoms with E-state index in [1.54, 1.807) is 5.57 Å². The van der Waals surface area contributed by atoms with Crippen molar-refractivity contribution < 1.29 is 10.2 Å². The molecule has 0 aliphatic heterocycles. The lowest BCUT2D eigenvalue weighted by molar-refractivity contribution is 0.0862. The van der Waals surface area contributed by atoms with E-state index in [9.17, 15) is 10.2 Å². The largest absolute Gasteiger partial charge is 0.393 e. The first kappa shape index (κ1) is 23.5. The summed E-state index contributed by atoms with van der Waals surface area (Å²) in [6.07, 6.45) is 15.8. The Morgan fingerprint density at radius 3 is 2.50 bits per heavy atom. The van der Waals surface area contributed by atoms with Gasteiger partial charge >= 0.3 is 0 Å². The molecule has 0 radical (unpaired) electrons. The molecule has 3 rings (SSSR count). The van der Waals surface area contributed by atoms with Crippen molar-refractivity contribution in [1.82, 2.24) is 0 Å². The van der Waals surface area contributed by atoms with Gasteiger partial charge in [-0.3, -0.25) is 0 Å². The van der Waals surface area contributed by atoms with Crippen LogP contribution in [-0.4, -0.2) is 22.4 Å². The predicted octanol–water partition coefficient (Wildman–Crippen LogP) is 6.61. The van der Waals surface area contributed by atoms with Gasteiger partial charge in [0.2, 0.25) is 0 Å². The number of hydrogen-bond donors (Lipinski definition) is 2. The monoisotopic (exact) mass is 412 g/mol. The van der Waals surface area contributed by atoms with Crippen LogP contribution in [0.3, 0.4) is 0 Å². The first-order valence-electron chi connectivity index (χ1n) is 12.3. The van der Waals surface area contributed by atoms with Crippen molar-refractivity contribution in [2.75, 3.05) is 0 Å². The Bertz CT molecular complexity index is 712. The van der Waals surface area contributed by atoms with Gasteiger partial charge in [0.15, 0.2) is 0 Å². The smallest absolute Gasteiger partial charge is 0.0811 e. The van der Waals surface area contributed by atoms with E-state index >= 15 is 0 Å². The van der Waals surface area contributed by atoms with Crippen molar-refractivity contribution in [2.24, 2.45) is 35.0 Å². The number of aliphatic hydroxyl groups excluding tert-OH is 2. The molecule has 3 saturated carbocycles. The predicted molar refractivity (Wildman–Crippen MR) is 127 cm³/mol. The molecule has 0 aromatic heterocycles. The first-order valence-corrected chi connectivity index (χ1v) is 12.3. The van der Waals surface area contributed by atoms with Gasteiger partial charge in [-0.15, -0.1) is 0 Å². The number of allylic oxidation sites excluding steroid dienone is 5. The second-order valence-electron chi connectivity index (χ2n) is 11.0. The van der Waals surface area contributed by atoms with Crippen molar-refractivity contribution in [3.05, 3.63) is 47.6 Å². The van der Waals surface area contributed by atoms with Crippen molar-refractivity contribution in [1.29, 1.82) is 0 Å². The Morgan fingerprint density at radius 1 is 1.07 bits per heavy atom. The molecule has 2 nitrogen and oxygen atoms in total. The van der Waals surface area contributed by atoms with Gasteiger partial charge in [0.25, 0.3) is 0 Å². The summed E-state index contributed by atoms with van der Waals surface area (Å²) in [6.45, 7) is 16.0. The van der Waals surface area contributed by atoms with Crippen LogP contribution in [-0.2, 0) is 0 Å². The maximum absolute atomic E-state index is 10.1. The quantitative estimate of drug-likeness (QED) is 0.499. The molecule has 0 amide bonds. The summed E-state index contributed by atoms with van der Waals surface area (Å²) in [5, 5.41) is 20.2. The molecule has 0 bridgehead atoms. The Balaban J connectivity index is 1.76. The van der Waals surface area contributed by atoms with Gasteiger partial charge in [0.05, 0.1) is 12.2 Å². The van der Waals surface area contributed by atoms with Crippen LogP contribution >= 0.6 is 0 Å². The maximum atomic E-state index is 10.1. The van der Waals surface area contributed by atoms with E-state index in [0.29, 0.717) is 41.9 Å². The molecular weight excluding hydrogens is 368 g/mol. The highest BCUT2D eigenvalue weighted by Gasteiger charge is 2.50. The lowest BCUT2D eigenvalue weighted by Crippen LogP contribution is -2.35. The van der Waals surface area contributed by atoms with Gasteiger partial charge in [0, 0.05) is 6.42 Å². The summed E-state index contributed by atoms with van der Waals surface area (Å²) in [4.78, 5) is 0. The fourth-order valence-electron chi connectivity index (χ4n) is 6.32. The molecule has 0 heterocycles. The fraction of sp³-hybridized carbons (Fsp3) is 0.714. The highest BCUT2D eigenvalue weighted by atomic mass is 16.3. The van der Waals surface area contributed by atoms with E-state index < -0.39 is 12.2 Å². The summed E-state index contributed by atoms with van der Waals surface area (Å²) in [7, 11) is 0. The van der Waals surface area contributed by atoms with Crippen LogP contribution in [0, 0.1) is 35.0 Å². The van der Waals surface area contributed by atoms with Crippen LogP contribution in [0.2, 0.25) is 0 Å². The van der Waals surface area contributed by atoms with Crippen molar-refractivity contribution in [2.45, 2.75) is 91.8 Å². The normalized spacial score (nSPS) is 39.8.